The van der Waals surface area contributed by atoms with Crippen LogP contribution < -0.4 is 20.1 Å². The van der Waals surface area contributed by atoms with Crippen molar-refractivity contribution in [1.82, 2.24) is 10.6 Å². The van der Waals surface area contributed by atoms with Crippen molar-refractivity contribution in [2.24, 2.45) is 5.92 Å². The molecule has 1 saturated carbocycles. The molecule has 2 aromatic rings. The summed E-state index contributed by atoms with van der Waals surface area (Å²) in [5.74, 6) is 1.60. The molecular formula is C32H44BN2O6. The van der Waals surface area contributed by atoms with Crippen molar-refractivity contribution in [1.29, 1.82) is 0 Å². The Bertz CT molecular complexity index is 1050. The maximum Gasteiger partial charge on any atom is 0.305 e. The number of rotatable bonds is 17. The second-order valence-corrected chi connectivity index (χ2v) is 10.3. The minimum absolute atomic E-state index is 0. The van der Waals surface area contributed by atoms with E-state index in [1.807, 2.05) is 48.5 Å². The van der Waals surface area contributed by atoms with E-state index in [1.54, 1.807) is 14.0 Å². The van der Waals surface area contributed by atoms with E-state index in [2.05, 4.69) is 10.6 Å². The molecule has 1 aliphatic carbocycles. The summed E-state index contributed by atoms with van der Waals surface area (Å²) < 4.78 is 15.9. The molecule has 0 saturated heterocycles. The van der Waals surface area contributed by atoms with Crippen LogP contribution in [0.1, 0.15) is 69.4 Å². The van der Waals surface area contributed by atoms with Crippen LogP contribution in [0.5, 0.6) is 11.5 Å². The van der Waals surface area contributed by atoms with Gasteiger partial charge in [-0.2, -0.15) is 0 Å². The van der Waals surface area contributed by atoms with Gasteiger partial charge in [-0.05, 0) is 67.5 Å². The molecule has 9 heteroatoms. The fourth-order valence-corrected chi connectivity index (χ4v) is 4.95. The van der Waals surface area contributed by atoms with Crippen molar-refractivity contribution < 1.29 is 28.6 Å². The summed E-state index contributed by atoms with van der Waals surface area (Å²) in [5.41, 5.74) is 2.02. The minimum atomic E-state index is -0.664. The van der Waals surface area contributed by atoms with E-state index in [9.17, 15) is 14.4 Å². The van der Waals surface area contributed by atoms with Gasteiger partial charge in [-0.15, -0.1) is 0 Å². The van der Waals surface area contributed by atoms with Crippen LogP contribution in [0.15, 0.2) is 48.5 Å². The number of carbonyl (C=O) groups is 3. The minimum Gasteiger partial charge on any atom is -0.497 e. The van der Waals surface area contributed by atoms with Crippen LogP contribution in [-0.2, 0) is 32.0 Å². The highest BCUT2D eigenvalue weighted by Gasteiger charge is 2.22. The Morgan fingerprint density at radius 2 is 1.59 bits per heavy atom. The molecule has 0 aliphatic heterocycles. The molecule has 221 valence electrons. The summed E-state index contributed by atoms with van der Waals surface area (Å²) in [5, 5.41) is 5.99. The summed E-state index contributed by atoms with van der Waals surface area (Å²) >= 11 is 0. The van der Waals surface area contributed by atoms with Crippen LogP contribution in [0.3, 0.4) is 0 Å². The largest absolute Gasteiger partial charge is 0.497 e. The summed E-state index contributed by atoms with van der Waals surface area (Å²) in [4.78, 5) is 37.4. The summed E-state index contributed by atoms with van der Waals surface area (Å²) in [7, 11) is 1.63. The molecule has 41 heavy (non-hydrogen) atoms. The second-order valence-electron chi connectivity index (χ2n) is 10.3. The first-order chi connectivity index (χ1) is 19.5. The van der Waals surface area contributed by atoms with Crippen LogP contribution >= 0.6 is 0 Å². The third kappa shape index (κ3) is 12.7. The van der Waals surface area contributed by atoms with Gasteiger partial charge in [0.05, 0.1) is 20.3 Å². The smallest absolute Gasteiger partial charge is 0.305 e. The topological polar surface area (TPSA) is 103 Å². The van der Waals surface area contributed by atoms with E-state index in [4.69, 9.17) is 14.2 Å². The summed E-state index contributed by atoms with van der Waals surface area (Å²) in [6, 6.07) is 14.6. The lowest BCUT2D eigenvalue weighted by Gasteiger charge is -2.20. The molecule has 1 atom stereocenters. The number of esters is 1. The number of hydrogen-bond acceptors (Lipinski definition) is 6. The highest BCUT2D eigenvalue weighted by molar-refractivity contribution is 5.87. The number of hydrogen-bond donors (Lipinski definition) is 2. The zero-order valence-electron chi connectivity index (χ0n) is 24.5. The summed E-state index contributed by atoms with van der Waals surface area (Å²) in [6.45, 7) is 3.05. The molecule has 3 radical (unpaired) electrons. The number of nitrogens with one attached hydrogen (secondary N) is 2. The van der Waals surface area contributed by atoms with E-state index < -0.39 is 6.04 Å². The van der Waals surface area contributed by atoms with Crippen LogP contribution in [-0.4, -0.2) is 59.1 Å². The van der Waals surface area contributed by atoms with Gasteiger partial charge in [0.15, 0.2) is 0 Å². The Hall–Kier alpha value is -3.49. The monoisotopic (exact) mass is 563 g/mol. The molecule has 1 aliphatic rings. The van der Waals surface area contributed by atoms with E-state index in [1.165, 1.54) is 25.7 Å². The van der Waals surface area contributed by atoms with Crippen LogP contribution in [0.25, 0.3) is 0 Å². The molecule has 0 heterocycles. The van der Waals surface area contributed by atoms with Gasteiger partial charge in [-0.3, -0.25) is 14.4 Å². The van der Waals surface area contributed by atoms with Gasteiger partial charge in [0, 0.05) is 34.2 Å². The van der Waals surface area contributed by atoms with Crippen LogP contribution in [0.4, 0.5) is 0 Å². The van der Waals surface area contributed by atoms with Crippen LogP contribution in [0, 0.1) is 5.92 Å². The molecule has 2 amide bonds. The maximum absolute atomic E-state index is 13.2. The van der Waals surface area contributed by atoms with E-state index in [-0.39, 0.29) is 26.2 Å². The summed E-state index contributed by atoms with van der Waals surface area (Å²) in [6.07, 6.45) is 8.16. The zero-order chi connectivity index (χ0) is 28.6. The SMILES string of the molecule is CCOC(=O)CCCOc1ccc(C[C@H](NC(=O)CCC2CCCC2)C(=O)NCCc2ccc(OC)cc2)cc1.[B]. The first-order valence-corrected chi connectivity index (χ1v) is 14.5. The third-order valence-corrected chi connectivity index (χ3v) is 7.24. The van der Waals surface area contributed by atoms with Crippen molar-refractivity contribution in [2.45, 2.75) is 77.2 Å². The first kappa shape index (κ1) is 33.7. The number of amides is 2. The zero-order valence-corrected chi connectivity index (χ0v) is 24.5. The number of carbonyl (C=O) groups excluding carboxylic acids is 3. The van der Waals surface area contributed by atoms with Gasteiger partial charge >= 0.3 is 5.97 Å². The Labute approximate surface area is 246 Å². The Morgan fingerprint density at radius 1 is 0.927 bits per heavy atom. The molecule has 3 rings (SSSR count). The van der Waals surface area contributed by atoms with E-state index in [0.717, 1.165) is 23.3 Å². The van der Waals surface area contributed by atoms with Gasteiger partial charge in [-0.25, -0.2) is 0 Å². The molecule has 1 fully saturated rings. The molecule has 0 aromatic heterocycles. The van der Waals surface area contributed by atoms with Gasteiger partial charge in [0.1, 0.15) is 17.5 Å². The predicted molar refractivity (Wildman–Crippen MR) is 160 cm³/mol. The third-order valence-electron chi connectivity index (χ3n) is 7.24. The molecular weight excluding hydrogens is 519 g/mol. The normalized spacial score (nSPS) is 13.5. The molecule has 0 unspecified atom stereocenters. The van der Waals surface area contributed by atoms with E-state index in [0.29, 0.717) is 63.5 Å². The average Bonchev–Trinajstić information content (AvgIpc) is 3.49. The van der Waals surface area contributed by atoms with Crippen molar-refractivity contribution >= 4 is 26.2 Å². The molecule has 8 nitrogen and oxygen atoms in total. The average molecular weight is 564 g/mol. The van der Waals surface area contributed by atoms with Crippen molar-refractivity contribution in [2.75, 3.05) is 26.9 Å². The van der Waals surface area contributed by atoms with Gasteiger partial charge in [0.25, 0.3) is 0 Å². The lowest BCUT2D eigenvalue weighted by molar-refractivity contribution is -0.143. The van der Waals surface area contributed by atoms with Gasteiger partial charge < -0.3 is 24.8 Å². The highest BCUT2D eigenvalue weighted by Crippen LogP contribution is 2.28. The fourth-order valence-electron chi connectivity index (χ4n) is 4.95. The van der Waals surface area contributed by atoms with Gasteiger partial charge in [0.2, 0.25) is 11.8 Å². The lowest BCUT2D eigenvalue weighted by atomic mass is 10.0. The Kier molecular flexibility index (Phi) is 15.4. The molecule has 2 aromatic carbocycles. The number of methoxy groups -OCH3 is 1. The number of benzene rings is 2. The quantitative estimate of drug-likeness (QED) is 0.168. The predicted octanol–water partition coefficient (Wildman–Crippen LogP) is 4.39. The molecule has 0 spiro atoms. The molecule has 0 bridgehead atoms. The van der Waals surface area contributed by atoms with Crippen molar-refractivity contribution in [3.63, 3.8) is 0 Å². The van der Waals surface area contributed by atoms with E-state index >= 15 is 0 Å². The van der Waals surface area contributed by atoms with Crippen molar-refractivity contribution in [3.8, 4) is 11.5 Å². The second kappa shape index (κ2) is 18.8. The Balaban J connectivity index is 0.00000588. The van der Waals surface area contributed by atoms with Crippen LogP contribution in [0.2, 0.25) is 0 Å². The number of ether oxygens (including phenoxy) is 3. The maximum atomic E-state index is 13.2. The van der Waals surface area contributed by atoms with Crippen molar-refractivity contribution in [3.05, 3.63) is 59.7 Å². The fraction of sp³-hybridized carbons (Fsp3) is 0.531. The lowest BCUT2D eigenvalue weighted by Crippen LogP contribution is -2.48. The first-order valence-electron chi connectivity index (χ1n) is 14.5. The highest BCUT2D eigenvalue weighted by atomic mass is 16.5. The standard InChI is InChI=1S/C32H44N2O6.B/c1-3-39-31(36)9-6-22-40-28-17-12-26(13-18-28)23-29(34-30(35)19-14-24-7-4-5-8-24)32(37)33-21-20-25-10-15-27(38-2)16-11-25;/h10-13,15-18,24,29H,3-9,14,19-23H2,1-2H3,(H,33,37)(H,34,35);/t29-;/m0./s1. The molecule has 2 N–H and O–H groups in total. The Morgan fingerprint density at radius 3 is 2.24 bits per heavy atom. The van der Waals surface area contributed by atoms with Gasteiger partial charge in [-0.1, -0.05) is 49.9 Å².